The van der Waals surface area contributed by atoms with Crippen LogP contribution < -0.4 is 11.5 Å². The van der Waals surface area contributed by atoms with Crippen molar-refractivity contribution in [2.75, 3.05) is 12.3 Å². The third-order valence-electron chi connectivity index (χ3n) is 2.01. The Bertz CT molecular complexity index is 508. The van der Waals surface area contributed by atoms with E-state index in [2.05, 4.69) is 10.3 Å². The highest BCUT2D eigenvalue weighted by Crippen LogP contribution is 2.10. The number of carbonyl (C=O) groups is 2. The van der Waals surface area contributed by atoms with E-state index in [1.54, 1.807) is 0 Å². The second kappa shape index (κ2) is 5.09. The topological polar surface area (TPSA) is 183 Å². The molecule has 1 aromatic heterocycles. The van der Waals surface area contributed by atoms with Crippen molar-refractivity contribution in [2.45, 2.75) is 6.04 Å². The highest BCUT2D eigenvalue weighted by molar-refractivity contribution is 5.95. The van der Waals surface area contributed by atoms with Crippen LogP contribution in [0.5, 0.6) is 0 Å². The standard InChI is InChI=1S/C7H10N6O5/c8-3(1-13(18)11-17)6(14)12-2-10-4(5(12)9)7(15)16/h2-3,17H,1,8-9H2,(H,15,16)/t3-/m0/s1. The maximum Gasteiger partial charge on any atom is 0.358 e. The van der Waals surface area contributed by atoms with Crippen LogP contribution in [0.4, 0.5) is 5.82 Å². The normalized spacial score (nSPS) is 13.3. The molecule has 1 rings (SSSR count). The lowest BCUT2D eigenvalue weighted by molar-refractivity contribution is -0.555. The average molecular weight is 258 g/mol. The van der Waals surface area contributed by atoms with E-state index in [0.717, 1.165) is 6.33 Å². The molecule has 1 atom stereocenters. The quantitative estimate of drug-likeness (QED) is 0.285. The molecule has 0 aliphatic carbocycles. The maximum atomic E-state index is 11.7. The zero-order chi connectivity index (χ0) is 13.9. The van der Waals surface area contributed by atoms with E-state index in [9.17, 15) is 14.8 Å². The molecule has 1 heterocycles. The molecule has 6 N–H and O–H groups in total. The van der Waals surface area contributed by atoms with E-state index < -0.39 is 36.0 Å². The van der Waals surface area contributed by atoms with Gasteiger partial charge >= 0.3 is 5.97 Å². The summed E-state index contributed by atoms with van der Waals surface area (Å²) in [6, 6.07) is -1.35. The lowest BCUT2D eigenvalue weighted by Gasteiger charge is -2.09. The molecule has 0 aliphatic rings. The summed E-state index contributed by atoms with van der Waals surface area (Å²) in [5.74, 6) is -2.65. The SMILES string of the molecule is Nc1c(C(=O)O)ncn1C(=O)[C@@H](N)C[N+]([O-])=NO. The van der Waals surface area contributed by atoms with E-state index in [-0.39, 0.29) is 4.86 Å². The van der Waals surface area contributed by atoms with E-state index >= 15 is 0 Å². The Hall–Kier alpha value is -2.69. The van der Waals surface area contributed by atoms with Crippen LogP contribution in [-0.2, 0) is 0 Å². The summed E-state index contributed by atoms with van der Waals surface area (Å²) in [6.45, 7) is -0.616. The number of nitrogen functional groups attached to an aromatic ring is 1. The van der Waals surface area contributed by atoms with Gasteiger partial charge in [-0.2, -0.15) is 0 Å². The highest BCUT2D eigenvalue weighted by atomic mass is 16.6. The minimum atomic E-state index is -1.40. The molecule has 0 aliphatic heterocycles. The van der Waals surface area contributed by atoms with Crippen LogP contribution in [0, 0.1) is 5.21 Å². The fraction of sp³-hybridized carbons (Fsp3) is 0.286. The summed E-state index contributed by atoms with van der Waals surface area (Å²) in [7, 11) is 0. The molecule has 1 aromatic rings. The van der Waals surface area contributed by atoms with Crippen LogP contribution in [0.3, 0.4) is 0 Å². The fourth-order valence-corrected chi connectivity index (χ4v) is 1.16. The maximum absolute atomic E-state index is 11.7. The van der Waals surface area contributed by atoms with Gasteiger partial charge in [-0.1, -0.05) is 4.86 Å². The van der Waals surface area contributed by atoms with Crippen molar-refractivity contribution in [2.24, 2.45) is 11.0 Å². The Balaban J connectivity index is 2.94. The molecule has 0 saturated heterocycles. The smallest absolute Gasteiger partial charge is 0.358 e. The number of carboxylic acid groups (broad SMARTS) is 1. The minimum absolute atomic E-state index is 0.201. The van der Waals surface area contributed by atoms with E-state index in [0.29, 0.717) is 4.57 Å². The highest BCUT2D eigenvalue weighted by Gasteiger charge is 2.25. The molecule has 0 aromatic carbocycles. The lowest BCUT2D eigenvalue weighted by atomic mass is 10.3. The van der Waals surface area contributed by atoms with Gasteiger partial charge in [0.15, 0.2) is 11.0 Å². The molecule has 98 valence electrons. The number of hydroxylamine groups is 1. The largest absolute Gasteiger partial charge is 0.597 e. The molecule has 11 nitrogen and oxygen atoms in total. The zero-order valence-corrected chi connectivity index (χ0v) is 8.92. The number of hydrogen-bond acceptors (Lipinski definition) is 7. The van der Waals surface area contributed by atoms with Crippen molar-refractivity contribution in [3.05, 3.63) is 17.2 Å². The van der Waals surface area contributed by atoms with Crippen LogP contribution in [-0.4, -0.2) is 49.2 Å². The third-order valence-corrected chi connectivity index (χ3v) is 2.01. The Morgan fingerprint density at radius 3 is 2.72 bits per heavy atom. The first-order chi connectivity index (χ1) is 8.38. The zero-order valence-electron chi connectivity index (χ0n) is 8.92. The predicted octanol–water partition coefficient (Wildman–Crippen LogP) is -1.52. The van der Waals surface area contributed by atoms with Crippen molar-refractivity contribution in [1.29, 1.82) is 0 Å². The predicted molar refractivity (Wildman–Crippen MR) is 54.9 cm³/mol. The van der Waals surface area contributed by atoms with Gasteiger partial charge in [0, 0.05) is 0 Å². The summed E-state index contributed by atoms with van der Waals surface area (Å²) in [5, 5.41) is 29.7. The first-order valence-electron chi connectivity index (χ1n) is 4.54. The first-order valence-corrected chi connectivity index (χ1v) is 4.54. The van der Waals surface area contributed by atoms with Crippen LogP contribution in [0.15, 0.2) is 11.6 Å². The minimum Gasteiger partial charge on any atom is -0.597 e. The van der Waals surface area contributed by atoms with Gasteiger partial charge in [-0.15, -0.1) is 0 Å². The van der Waals surface area contributed by atoms with E-state index in [4.69, 9.17) is 21.8 Å². The van der Waals surface area contributed by atoms with Crippen LogP contribution >= 0.6 is 0 Å². The summed E-state index contributed by atoms with van der Waals surface area (Å²) in [4.78, 5) is 25.6. The first kappa shape index (κ1) is 13.4. The second-order valence-corrected chi connectivity index (χ2v) is 3.22. The molecule has 0 fully saturated rings. The number of rotatable bonds is 4. The Kier molecular flexibility index (Phi) is 3.78. The van der Waals surface area contributed by atoms with Crippen LogP contribution in [0.2, 0.25) is 0 Å². The molecule has 0 spiro atoms. The summed E-state index contributed by atoms with van der Waals surface area (Å²) in [5.41, 5.74) is 10.3. The molecule has 0 bridgehead atoms. The van der Waals surface area contributed by atoms with Gasteiger partial charge < -0.3 is 27.0 Å². The lowest BCUT2D eigenvalue weighted by Crippen LogP contribution is -2.40. The second-order valence-electron chi connectivity index (χ2n) is 3.22. The molecule has 11 heteroatoms. The Morgan fingerprint density at radius 2 is 2.28 bits per heavy atom. The van der Waals surface area contributed by atoms with Crippen molar-refractivity contribution in [3.8, 4) is 0 Å². The number of anilines is 1. The molecular weight excluding hydrogens is 248 g/mol. The molecule has 18 heavy (non-hydrogen) atoms. The number of aromatic nitrogens is 2. The van der Waals surface area contributed by atoms with Gasteiger partial charge in [-0.3, -0.25) is 9.36 Å². The van der Waals surface area contributed by atoms with Crippen molar-refractivity contribution >= 4 is 17.7 Å². The number of imidazole rings is 1. The number of nitrogens with two attached hydrogens (primary N) is 2. The molecular formula is C7H10N6O5. The number of carboxylic acids is 1. The monoisotopic (exact) mass is 258 g/mol. The van der Waals surface area contributed by atoms with E-state index in [1.807, 2.05) is 0 Å². The number of carbonyl (C=O) groups excluding carboxylic acids is 1. The van der Waals surface area contributed by atoms with Crippen LogP contribution in [0.25, 0.3) is 0 Å². The Morgan fingerprint density at radius 1 is 1.67 bits per heavy atom. The van der Waals surface area contributed by atoms with Gasteiger partial charge in [-0.05, 0) is 0 Å². The average Bonchev–Trinajstić information content (AvgIpc) is 2.69. The number of hydrogen-bond donors (Lipinski definition) is 4. The van der Waals surface area contributed by atoms with Gasteiger partial charge in [0.05, 0.1) is 0 Å². The van der Waals surface area contributed by atoms with Crippen molar-refractivity contribution in [1.82, 2.24) is 9.55 Å². The van der Waals surface area contributed by atoms with Gasteiger partial charge in [0.1, 0.15) is 18.2 Å². The van der Waals surface area contributed by atoms with Gasteiger partial charge in [-0.25, -0.2) is 9.78 Å². The summed E-state index contributed by atoms with van der Waals surface area (Å²) in [6.07, 6.45) is 0.881. The van der Waals surface area contributed by atoms with Crippen molar-refractivity contribution < 1.29 is 24.8 Å². The fourth-order valence-electron chi connectivity index (χ4n) is 1.16. The molecule has 0 unspecified atom stereocenters. The Labute approximate surface area is 99.5 Å². The molecule has 0 radical (unpaired) electrons. The molecule has 0 saturated carbocycles. The third kappa shape index (κ3) is 2.52. The van der Waals surface area contributed by atoms with Gasteiger partial charge in [0.25, 0.3) is 5.91 Å². The van der Waals surface area contributed by atoms with Gasteiger partial charge in [0.2, 0.25) is 6.54 Å². The summed E-state index contributed by atoms with van der Waals surface area (Å²) < 4.78 is 0.708. The number of aromatic carboxylic acids is 1. The van der Waals surface area contributed by atoms with Crippen molar-refractivity contribution in [3.63, 3.8) is 0 Å². The number of nitrogens with zero attached hydrogens (tertiary/aromatic N) is 4. The molecule has 0 amide bonds. The van der Waals surface area contributed by atoms with Crippen LogP contribution in [0.1, 0.15) is 15.3 Å². The summed E-state index contributed by atoms with van der Waals surface area (Å²) >= 11 is 0. The van der Waals surface area contributed by atoms with E-state index in [1.165, 1.54) is 0 Å².